The van der Waals surface area contributed by atoms with Crippen LogP contribution in [0.15, 0.2) is 22.7 Å². The van der Waals surface area contributed by atoms with Crippen molar-refractivity contribution in [2.24, 2.45) is 0 Å². The van der Waals surface area contributed by atoms with Crippen LogP contribution >= 0.6 is 15.9 Å². The molecule has 5 heteroatoms. The zero-order valence-corrected chi connectivity index (χ0v) is 13.2. The first-order valence-corrected chi connectivity index (χ1v) is 7.07. The van der Waals surface area contributed by atoms with Crippen molar-refractivity contribution in [3.63, 3.8) is 0 Å². The number of aliphatic hydroxyl groups excluding tert-OH is 1. The Kier molecular flexibility index (Phi) is 6.26. The molecule has 1 atom stereocenters. The SMILES string of the molecule is Cc1ccc(OCC(O)CNCC(C)(C)O)c(Br)c1. The number of hydrogen-bond donors (Lipinski definition) is 3. The second kappa shape index (κ2) is 7.24. The van der Waals surface area contributed by atoms with E-state index in [0.717, 1.165) is 10.0 Å². The predicted octanol–water partition coefficient (Wildman–Crippen LogP) is 1.86. The predicted molar refractivity (Wildman–Crippen MR) is 79.5 cm³/mol. The molecule has 3 N–H and O–H groups in total. The van der Waals surface area contributed by atoms with E-state index in [1.807, 2.05) is 25.1 Å². The lowest BCUT2D eigenvalue weighted by atomic mass is 10.1. The molecule has 1 rings (SSSR count). The number of ether oxygens (including phenoxy) is 1. The number of aryl methyl sites for hydroxylation is 1. The molecule has 0 heterocycles. The van der Waals surface area contributed by atoms with Crippen molar-refractivity contribution < 1.29 is 14.9 Å². The van der Waals surface area contributed by atoms with Gasteiger partial charge in [-0.3, -0.25) is 0 Å². The molecule has 0 aromatic heterocycles. The van der Waals surface area contributed by atoms with Crippen LogP contribution in [-0.4, -0.2) is 41.6 Å². The zero-order valence-electron chi connectivity index (χ0n) is 11.6. The van der Waals surface area contributed by atoms with Crippen molar-refractivity contribution in [2.75, 3.05) is 19.7 Å². The van der Waals surface area contributed by atoms with Crippen molar-refractivity contribution >= 4 is 15.9 Å². The molecule has 0 aliphatic heterocycles. The summed E-state index contributed by atoms with van der Waals surface area (Å²) in [5, 5.41) is 22.3. The van der Waals surface area contributed by atoms with Crippen molar-refractivity contribution in [2.45, 2.75) is 32.5 Å². The van der Waals surface area contributed by atoms with E-state index in [0.29, 0.717) is 18.8 Å². The summed E-state index contributed by atoms with van der Waals surface area (Å²) in [6.45, 7) is 6.45. The van der Waals surface area contributed by atoms with Crippen molar-refractivity contribution in [3.8, 4) is 5.75 Å². The van der Waals surface area contributed by atoms with Crippen LogP contribution in [0.5, 0.6) is 5.75 Å². The van der Waals surface area contributed by atoms with Gasteiger partial charge in [-0.15, -0.1) is 0 Å². The first-order valence-electron chi connectivity index (χ1n) is 6.28. The molecule has 1 aromatic rings. The van der Waals surface area contributed by atoms with Crippen molar-refractivity contribution in [1.82, 2.24) is 5.32 Å². The minimum atomic E-state index is -0.777. The monoisotopic (exact) mass is 331 g/mol. The van der Waals surface area contributed by atoms with Gasteiger partial charge in [-0.2, -0.15) is 0 Å². The molecule has 1 unspecified atom stereocenters. The van der Waals surface area contributed by atoms with Crippen LogP contribution in [-0.2, 0) is 0 Å². The highest BCUT2D eigenvalue weighted by Crippen LogP contribution is 2.25. The quantitative estimate of drug-likeness (QED) is 0.713. The highest BCUT2D eigenvalue weighted by molar-refractivity contribution is 9.10. The number of halogens is 1. The smallest absolute Gasteiger partial charge is 0.133 e. The lowest BCUT2D eigenvalue weighted by Gasteiger charge is -2.19. The minimum absolute atomic E-state index is 0.209. The molecule has 1 aromatic carbocycles. The van der Waals surface area contributed by atoms with Gasteiger partial charge < -0.3 is 20.3 Å². The summed E-state index contributed by atoms with van der Waals surface area (Å²) in [4.78, 5) is 0. The fourth-order valence-electron chi connectivity index (χ4n) is 1.51. The number of aliphatic hydroxyl groups is 2. The Balaban J connectivity index is 2.32. The van der Waals surface area contributed by atoms with Crippen LogP contribution < -0.4 is 10.1 Å². The molecular weight excluding hydrogens is 310 g/mol. The van der Waals surface area contributed by atoms with E-state index in [9.17, 15) is 10.2 Å². The Bertz CT molecular complexity index is 404. The second-order valence-corrected chi connectivity index (χ2v) is 6.20. The number of hydrogen-bond acceptors (Lipinski definition) is 4. The molecule has 0 aliphatic rings. The van der Waals surface area contributed by atoms with Gasteiger partial charge in [0, 0.05) is 13.1 Å². The van der Waals surface area contributed by atoms with E-state index in [2.05, 4.69) is 21.2 Å². The summed E-state index contributed by atoms with van der Waals surface area (Å²) < 4.78 is 6.42. The summed E-state index contributed by atoms with van der Waals surface area (Å²) in [5.41, 5.74) is 0.368. The van der Waals surface area contributed by atoms with Crippen LogP contribution in [0.25, 0.3) is 0 Å². The van der Waals surface area contributed by atoms with Crippen molar-refractivity contribution in [1.29, 1.82) is 0 Å². The van der Waals surface area contributed by atoms with Gasteiger partial charge in [0.2, 0.25) is 0 Å². The summed E-state index contributed by atoms with van der Waals surface area (Å²) in [6.07, 6.45) is -0.615. The highest BCUT2D eigenvalue weighted by atomic mass is 79.9. The van der Waals surface area contributed by atoms with Crippen LogP contribution in [0.4, 0.5) is 0 Å². The second-order valence-electron chi connectivity index (χ2n) is 5.34. The zero-order chi connectivity index (χ0) is 14.5. The molecule has 0 fully saturated rings. The molecule has 0 saturated carbocycles. The van der Waals surface area contributed by atoms with E-state index in [-0.39, 0.29) is 6.61 Å². The van der Waals surface area contributed by atoms with Gasteiger partial charge in [0.1, 0.15) is 18.5 Å². The number of benzene rings is 1. The standard InChI is InChI=1S/C14H22BrNO3/c1-10-4-5-13(12(15)6-10)19-8-11(17)7-16-9-14(2,3)18/h4-6,11,16-18H,7-9H2,1-3H3. The molecule has 0 spiro atoms. The fraction of sp³-hybridized carbons (Fsp3) is 0.571. The van der Waals surface area contributed by atoms with Gasteiger partial charge in [-0.05, 0) is 54.4 Å². The van der Waals surface area contributed by atoms with Gasteiger partial charge in [0.15, 0.2) is 0 Å². The number of rotatable bonds is 7. The van der Waals surface area contributed by atoms with E-state index in [4.69, 9.17) is 4.74 Å². The normalized spacial score (nSPS) is 13.4. The number of nitrogens with one attached hydrogen (secondary N) is 1. The third-order valence-electron chi connectivity index (χ3n) is 2.46. The van der Waals surface area contributed by atoms with Gasteiger partial charge in [-0.25, -0.2) is 0 Å². The lowest BCUT2D eigenvalue weighted by molar-refractivity contribution is 0.0664. The first kappa shape index (κ1) is 16.4. The summed E-state index contributed by atoms with van der Waals surface area (Å²) >= 11 is 3.42. The van der Waals surface area contributed by atoms with Gasteiger partial charge in [0.25, 0.3) is 0 Å². The van der Waals surface area contributed by atoms with E-state index >= 15 is 0 Å². The fourth-order valence-corrected chi connectivity index (χ4v) is 2.12. The minimum Gasteiger partial charge on any atom is -0.490 e. The average Bonchev–Trinajstić information content (AvgIpc) is 2.26. The van der Waals surface area contributed by atoms with E-state index < -0.39 is 11.7 Å². The molecular formula is C14H22BrNO3. The maximum absolute atomic E-state index is 9.77. The molecule has 0 aliphatic carbocycles. The summed E-state index contributed by atoms with van der Waals surface area (Å²) in [6, 6.07) is 5.80. The van der Waals surface area contributed by atoms with Gasteiger partial charge in [-0.1, -0.05) is 6.07 Å². The molecule has 0 saturated heterocycles. The van der Waals surface area contributed by atoms with E-state index in [1.165, 1.54) is 0 Å². The van der Waals surface area contributed by atoms with Crippen molar-refractivity contribution in [3.05, 3.63) is 28.2 Å². The van der Waals surface area contributed by atoms with Crippen LogP contribution in [0.3, 0.4) is 0 Å². The Morgan fingerprint density at radius 2 is 2.11 bits per heavy atom. The molecule has 0 radical (unpaired) electrons. The Hall–Kier alpha value is -0.620. The maximum atomic E-state index is 9.77. The van der Waals surface area contributed by atoms with Gasteiger partial charge in [0.05, 0.1) is 10.1 Å². The topological polar surface area (TPSA) is 61.7 Å². The molecule has 108 valence electrons. The average molecular weight is 332 g/mol. The molecule has 4 nitrogen and oxygen atoms in total. The van der Waals surface area contributed by atoms with Gasteiger partial charge >= 0.3 is 0 Å². The third-order valence-corrected chi connectivity index (χ3v) is 3.08. The lowest BCUT2D eigenvalue weighted by Crippen LogP contribution is -2.40. The summed E-state index contributed by atoms with van der Waals surface area (Å²) in [5.74, 6) is 0.715. The summed E-state index contributed by atoms with van der Waals surface area (Å²) in [7, 11) is 0. The van der Waals surface area contributed by atoms with Crippen LogP contribution in [0.1, 0.15) is 19.4 Å². The Morgan fingerprint density at radius 1 is 1.42 bits per heavy atom. The third kappa shape index (κ3) is 6.92. The Labute approximate surface area is 122 Å². The first-order chi connectivity index (χ1) is 8.78. The molecule has 0 bridgehead atoms. The largest absolute Gasteiger partial charge is 0.490 e. The van der Waals surface area contributed by atoms with E-state index in [1.54, 1.807) is 13.8 Å². The van der Waals surface area contributed by atoms with Crippen LogP contribution in [0, 0.1) is 6.92 Å². The van der Waals surface area contributed by atoms with Crippen LogP contribution in [0.2, 0.25) is 0 Å². The molecule has 0 amide bonds. The Morgan fingerprint density at radius 3 is 2.68 bits per heavy atom. The maximum Gasteiger partial charge on any atom is 0.133 e. The highest BCUT2D eigenvalue weighted by Gasteiger charge is 2.13. The molecule has 19 heavy (non-hydrogen) atoms.